The minimum atomic E-state index is -0.920. The van der Waals surface area contributed by atoms with Gasteiger partial charge in [0.25, 0.3) is 0 Å². The number of esters is 1. The number of H-pyrrole nitrogens is 1. The van der Waals surface area contributed by atoms with Gasteiger partial charge < -0.3 is 19.9 Å². The van der Waals surface area contributed by atoms with E-state index < -0.39 is 35.7 Å². The maximum atomic E-state index is 14.5. The van der Waals surface area contributed by atoms with Gasteiger partial charge in [-0.15, -0.1) is 0 Å². The summed E-state index contributed by atoms with van der Waals surface area (Å²) in [5.41, 5.74) is 1.21. The first kappa shape index (κ1) is 19.8. The molecule has 0 spiro atoms. The molecule has 0 bridgehead atoms. The average Bonchev–Trinajstić information content (AvgIpc) is 3.15. The van der Waals surface area contributed by atoms with Crippen LogP contribution >= 0.6 is 0 Å². The van der Waals surface area contributed by atoms with Gasteiger partial charge in [-0.05, 0) is 24.1 Å². The van der Waals surface area contributed by atoms with Crippen molar-refractivity contribution in [1.82, 2.24) is 20.2 Å². The largest absolute Gasteiger partial charge is 0.467 e. The van der Waals surface area contributed by atoms with Gasteiger partial charge in [-0.3, -0.25) is 0 Å². The van der Waals surface area contributed by atoms with E-state index in [4.69, 9.17) is 4.74 Å². The molecule has 3 rings (SSSR count). The second-order valence-electron chi connectivity index (χ2n) is 6.97. The summed E-state index contributed by atoms with van der Waals surface area (Å²) < 4.78 is 33.1. The molecule has 2 aromatic rings. The molecule has 1 aliphatic heterocycles. The van der Waals surface area contributed by atoms with Crippen molar-refractivity contribution in [3.8, 4) is 0 Å². The van der Waals surface area contributed by atoms with Crippen LogP contribution in [0.15, 0.2) is 24.5 Å². The molecule has 0 saturated carbocycles. The summed E-state index contributed by atoms with van der Waals surface area (Å²) >= 11 is 0. The number of aromatic nitrogens is 2. The van der Waals surface area contributed by atoms with E-state index in [9.17, 15) is 18.4 Å². The van der Waals surface area contributed by atoms with Crippen LogP contribution in [0.1, 0.15) is 36.8 Å². The second-order valence-corrected chi connectivity index (χ2v) is 6.97. The topological polar surface area (TPSA) is 87.3 Å². The average molecular weight is 392 g/mol. The molecule has 0 radical (unpaired) electrons. The molecule has 0 fully saturated rings. The van der Waals surface area contributed by atoms with E-state index in [1.165, 1.54) is 18.3 Å². The number of hydrogen-bond acceptors (Lipinski definition) is 4. The fourth-order valence-corrected chi connectivity index (χ4v) is 3.38. The number of imidazole rings is 1. The molecule has 1 aromatic carbocycles. The molecule has 0 saturated heterocycles. The quantitative estimate of drug-likeness (QED) is 0.783. The van der Waals surface area contributed by atoms with Crippen molar-refractivity contribution >= 4 is 12.0 Å². The van der Waals surface area contributed by atoms with E-state index in [2.05, 4.69) is 15.3 Å². The van der Waals surface area contributed by atoms with Crippen LogP contribution in [-0.4, -0.2) is 46.6 Å². The lowest BCUT2D eigenvalue weighted by atomic mass is 9.95. The van der Waals surface area contributed by atoms with E-state index in [0.717, 1.165) is 23.9 Å². The maximum Gasteiger partial charge on any atom is 0.328 e. The van der Waals surface area contributed by atoms with Gasteiger partial charge in [-0.2, -0.15) is 0 Å². The molecule has 0 unspecified atom stereocenters. The Balaban J connectivity index is 1.98. The van der Waals surface area contributed by atoms with Crippen LogP contribution in [0.5, 0.6) is 0 Å². The molecule has 1 aliphatic rings. The van der Waals surface area contributed by atoms with Crippen molar-refractivity contribution < 1.29 is 23.1 Å². The third-order valence-electron chi connectivity index (χ3n) is 4.84. The number of urea groups is 1. The highest BCUT2D eigenvalue weighted by Crippen LogP contribution is 2.35. The van der Waals surface area contributed by atoms with Gasteiger partial charge in [0.2, 0.25) is 0 Å². The van der Waals surface area contributed by atoms with Crippen LogP contribution in [0.4, 0.5) is 13.6 Å². The summed E-state index contributed by atoms with van der Waals surface area (Å²) in [6.45, 7) is 3.79. The van der Waals surface area contributed by atoms with E-state index in [1.807, 2.05) is 0 Å². The van der Waals surface area contributed by atoms with Crippen LogP contribution in [-0.2, 0) is 16.0 Å². The molecular formula is C19H22F2N4O3. The van der Waals surface area contributed by atoms with Gasteiger partial charge in [-0.1, -0.05) is 13.8 Å². The highest BCUT2D eigenvalue weighted by atomic mass is 19.1. The van der Waals surface area contributed by atoms with Crippen LogP contribution in [0.3, 0.4) is 0 Å². The first-order valence-corrected chi connectivity index (χ1v) is 8.95. The first-order chi connectivity index (χ1) is 13.3. The fraction of sp³-hybridized carbons (Fsp3) is 0.421. The minimum absolute atomic E-state index is 0.00219. The smallest absolute Gasteiger partial charge is 0.328 e. The number of halogens is 2. The molecular weight excluding hydrogens is 370 g/mol. The van der Waals surface area contributed by atoms with Crippen LogP contribution in [0.25, 0.3) is 0 Å². The number of fused-ring (bicyclic) bond motifs is 1. The molecule has 2 heterocycles. The summed E-state index contributed by atoms with van der Waals surface area (Å²) in [4.78, 5) is 33.6. The zero-order valence-electron chi connectivity index (χ0n) is 15.8. The number of nitrogens with zero attached hydrogens (tertiary/aromatic N) is 2. The lowest BCUT2D eigenvalue weighted by Crippen LogP contribution is -2.53. The van der Waals surface area contributed by atoms with E-state index in [-0.39, 0.29) is 18.0 Å². The maximum absolute atomic E-state index is 14.5. The Morgan fingerprint density at radius 3 is 2.79 bits per heavy atom. The Bertz CT molecular complexity index is 884. The van der Waals surface area contributed by atoms with Crippen molar-refractivity contribution in [2.45, 2.75) is 32.4 Å². The van der Waals surface area contributed by atoms with Crippen molar-refractivity contribution in [3.63, 3.8) is 0 Å². The van der Waals surface area contributed by atoms with Crippen molar-refractivity contribution in [2.24, 2.45) is 5.92 Å². The highest BCUT2D eigenvalue weighted by Gasteiger charge is 2.37. The number of carbonyl (C=O) groups excluding carboxylic acids is 2. The number of rotatable bonds is 4. The summed E-state index contributed by atoms with van der Waals surface area (Å²) in [5.74, 6) is -2.05. The third-order valence-corrected chi connectivity index (χ3v) is 4.84. The van der Waals surface area contributed by atoms with E-state index >= 15 is 0 Å². The molecule has 1 aromatic heterocycles. The Morgan fingerprint density at radius 2 is 2.11 bits per heavy atom. The number of carbonyl (C=O) groups is 2. The molecule has 28 heavy (non-hydrogen) atoms. The monoisotopic (exact) mass is 392 g/mol. The Hall–Kier alpha value is -2.97. The minimum Gasteiger partial charge on any atom is -0.467 e. The van der Waals surface area contributed by atoms with E-state index in [0.29, 0.717) is 12.1 Å². The Kier molecular flexibility index (Phi) is 5.62. The number of methoxy groups -OCH3 is 1. The molecule has 9 heteroatoms. The SMILES string of the molecule is COC(=O)[C@@H](NC(=O)N1CCc2[nH]cnc2[C@H]1c1cc(F)ccc1F)C(C)C. The van der Waals surface area contributed by atoms with Crippen LogP contribution in [0, 0.1) is 17.6 Å². The third kappa shape index (κ3) is 3.69. The standard InChI is InChI=1S/C19H22F2N4O3/c1-10(2)15(18(26)28-3)24-19(27)25-7-6-14-16(23-9-22-14)17(25)12-8-11(20)4-5-13(12)21/h4-5,8-10,15,17H,6-7H2,1-3H3,(H,22,23)(H,24,27)/t15-,17+/m0/s1. The Morgan fingerprint density at radius 1 is 1.36 bits per heavy atom. The number of ether oxygens (including phenoxy) is 1. The number of hydrogen-bond donors (Lipinski definition) is 2. The van der Waals surface area contributed by atoms with Gasteiger partial charge in [0, 0.05) is 24.2 Å². The molecule has 2 atom stereocenters. The second kappa shape index (κ2) is 7.95. The molecule has 7 nitrogen and oxygen atoms in total. The lowest BCUT2D eigenvalue weighted by molar-refractivity contribution is -0.144. The van der Waals surface area contributed by atoms with Crippen LogP contribution < -0.4 is 5.32 Å². The molecule has 2 amide bonds. The normalized spacial score (nSPS) is 17.2. The van der Waals surface area contributed by atoms with Crippen molar-refractivity contribution in [2.75, 3.05) is 13.7 Å². The fourth-order valence-electron chi connectivity index (χ4n) is 3.38. The van der Waals surface area contributed by atoms with Gasteiger partial charge in [0.05, 0.1) is 19.1 Å². The summed E-state index contributed by atoms with van der Waals surface area (Å²) in [6.07, 6.45) is 1.93. The first-order valence-electron chi connectivity index (χ1n) is 8.95. The van der Waals surface area contributed by atoms with Crippen molar-refractivity contribution in [1.29, 1.82) is 0 Å². The summed E-state index contributed by atoms with van der Waals surface area (Å²) in [7, 11) is 1.24. The zero-order chi connectivity index (χ0) is 20.4. The molecule has 150 valence electrons. The summed E-state index contributed by atoms with van der Waals surface area (Å²) in [6, 6.07) is 0.736. The number of aromatic amines is 1. The molecule has 2 N–H and O–H groups in total. The molecule has 0 aliphatic carbocycles. The van der Waals surface area contributed by atoms with E-state index in [1.54, 1.807) is 13.8 Å². The number of nitrogens with one attached hydrogen (secondary N) is 2. The number of amides is 2. The lowest BCUT2D eigenvalue weighted by Gasteiger charge is -2.36. The number of benzene rings is 1. The van der Waals surface area contributed by atoms with Gasteiger partial charge in [0.1, 0.15) is 23.7 Å². The predicted octanol–water partition coefficient (Wildman–Crippen LogP) is 2.54. The Labute approximate surface area is 161 Å². The summed E-state index contributed by atoms with van der Waals surface area (Å²) in [5, 5.41) is 2.65. The van der Waals surface area contributed by atoms with Gasteiger partial charge >= 0.3 is 12.0 Å². The van der Waals surface area contributed by atoms with Crippen LogP contribution in [0.2, 0.25) is 0 Å². The highest BCUT2D eigenvalue weighted by molar-refractivity contribution is 5.84. The van der Waals surface area contributed by atoms with Crippen molar-refractivity contribution in [3.05, 3.63) is 53.1 Å². The zero-order valence-corrected chi connectivity index (χ0v) is 15.8. The van der Waals surface area contributed by atoms with Gasteiger partial charge in [0.15, 0.2) is 0 Å². The predicted molar refractivity (Wildman–Crippen MR) is 96.4 cm³/mol. The van der Waals surface area contributed by atoms with Gasteiger partial charge in [-0.25, -0.2) is 23.4 Å².